The molecule has 0 aliphatic carbocycles. The molecule has 6 nitrogen and oxygen atoms in total. The van der Waals surface area contributed by atoms with E-state index in [1.54, 1.807) is 15.8 Å². The molecule has 1 aliphatic rings. The van der Waals surface area contributed by atoms with Crippen molar-refractivity contribution >= 4 is 23.5 Å². The molecule has 1 saturated heterocycles. The Bertz CT molecular complexity index is 488. The van der Waals surface area contributed by atoms with Crippen LogP contribution in [0.4, 0.5) is 0 Å². The van der Waals surface area contributed by atoms with E-state index in [0.29, 0.717) is 31.1 Å². The van der Waals surface area contributed by atoms with Crippen LogP contribution >= 0.6 is 11.6 Å². The molecule has 2 atom stereocenters. The Labute approximate surface area is 115 Å². The van der Waals surface area contributed by atoms with Gasteiger partial charge in [-0.05, 0) is 5.92 Å². The van der Waals surface area contributed by atoms with Crippen molar-refractivity contribution in [3.63, 3.8) is 0 Å². The smallest absolute Gasteiger partial charge is 0.308 e. The Hall–Kier alpha value is -1.56. The maximum atomic E-state index is 12.0. The van der Waals surface area contributed by atoms with E-state index >= 15 is 0 Å². The first kappa shape index (κ1) is 13.9. The van der Waals surface area contributed by atoms with Crippen molar-refractivity contribution in [1.82, 2.24) is 14.7 Å². The van der Waals surface area contributed by atoms with E-state index in [2.05, 4.69) is 5.10 Å². The third kappa shape index (κ3) is 3.26. The quantitative estimate of drug-likeness (QED) is 0.899. The van der Waals surface area contributed by atoms with Gasteiger partial charge < -0.3 is 10.0 Å². The van der Waals surface area contributed by atoms with Crippen LogP contribution in [0.3, 0.4) is 0 Å². The molecule has 1 amide bonds. The summed E-state index contributed by atoms with van der Waals surface area (Å²) in [5.41, 5.74) is 0. The van der Waals surface area contributed by atoms with Crippen molar-refractivity contribution in [3.05, 3.63) is 17.4 Å². The second kappa shape index (κ2) is 5.61. The number of likely N-dealkylation sites (tertiary alicyclic amines) is 1. The van der Waals surface area contributed by atoms with Crippen LogP contribution in [0.2, 0.25) is 5.02 Å². The van der Waals surface area contributed by atoms with Gasteiger partial charge in [0, 0.05) is 32.3 Å². The predicted molar refractivity (Wildman–Crippen MR) is 68.7 cm³/mol. The SMILES string of the molecule is C[C@@H]1CN(C(=O)CCn2cc(Cl)cn2)C[C@H]1C(=O)O. The van der Waals surface area contributed by atoms with E-state index in [4.69, 9.17) is 16.7 Å². The Morgan fingerprint density at radius 2 is 2.26 bits per heavy atom. The third-order valence-corrected chi connectivity index (χ3v) is 3.63. The lowest BCUT2D eigenvalue weighted by Gasteiger charge is -2.15. The molecule has 104 valence electrons. The Morgan fingerprint density at radius 3 is 2.79 bits per heavy atom. The van der Waals surface area contributed by atoms with Gasteiger partial charge in [0.1, 0.15) is 0 Å². The van der Waals surface area contributed by atoms with Crippen molar-refractivity contribution in [2.75, 3.05) is 13.1 Å². The van der Waals surface area contributed by atoms with Crippen molar-refractivity contribution < 1.29 is 14.7 Å². The Kier molecular flexibility index (Phi) is 4.09. The van der Waals surface area contributed by atoms with Crippen molar-refractivity contribution in [3.8, 4) is 0 Å². The molecule has 2 heterocycles. The Balaban J connectivity index is 1.86. The zero-order valence-corrected chi connectivity index (χ0v) is 11.4. The highest BCUT2D eigenvalue weighted by molar-refractivity contribution is 6.30. The van der Waals surface area contributed by atoms with Crippen molar-refractivity contribution in [1.29, 1.82) is 0 Å². The lowest BCUT2D eigenvalue weighted by atomic mass is 9.99. The van der Waals surface area contributed by atoms with Crippen LogP contribution < -0.4 is 0 Å². The molecule has 0 unspecified atom stereocenters. The van der Waals surface area contributed by atoms with Gasteiger partial charge in [-0.15, -0.1) is 0 Å². The van der Waals surface area contributed by atoms with Gasteiger partial charge in [-0.1, -0.05) is 18.5 Å². The van der Waals surface area contributed by atoms with E-state index < -0.39 is 11.9 Å². The molecule has 19 heavy (non-hydrogen) atoms. The summed E-state index contributed by atoms with van der Waals surface area (Å²) in [5, 5.41) is 13.6. The molecule has 0 saturated carbocycles. The number of hydrogen-bond acceptors (Lipinski definition) is 3. The standard InChI is InChI=1S/C12H16ClN3O3/c1-8-5-15(7-10(8)12(18)19)11(17)2-3-16-6-9(13)4-14-16/h4,6,8,10H,2-3,5,7H2,1H3,(H,18,19)/t8-,10-/m1/s1. The highest BCUT2D eigenvalue weighted by Gasteiger charge is 2.36. The van der Waals surface area contributed by atoms with E-state index in [-0.39, 0.29) is 11.8 Å². The van der Waals surface area contributed by atoms with Crippen LogP contribution in [0, 0.1) is 11.8 Å². The van der Waals surface area contributed by atoms with E-state index in [0.717, 1.165) is 0 Å². The number of aliphatic carboxylic acids is 1. The minimum absolute atomic E-state index is 0.000554. The molecule has 2 rings (SSSR count). The summed E-state index contributed by atoms with van der Waals surface area (Å²) in [4.78, 5) is 24.6. The molecular formula is C12H16ClN3O3. The number of carbonyl (C=O) groups excluding carboxylic acids is 1. The Morgan fingerprint density at radius 1 is 1.53 bits per heavy atom. The number of hydrogen-bond donors (Lipinski definition) is 1. The maximum absolute atomic E-state index is 12.0. The van der Waals surface area contributed by atoms with Crippen LogP contribution in [0.15, 0.2) is 12.4 Å². The molecule has 1 fully saturated rings. The minimum atomic E-state index is -0.832. The summed E-state index contributed by atoms with van der Waals surface area (Å²) in [6.45, 7) is 3.12. The highest BCUT2D eigenvalue weighted by Crippen LogP contribution is 2.23. The van der Waals surface area contributed by atoms with E-state index in [1.165, 1.54) is 6.20 Å². The molecule has 1 aromatic heterocycles. The van der Waals surface area contributed by atoms with Crippen molar-refractivity contribution in [2.45, 2.75) is 19.9 Å². The number of carbonyl (C=O) groups is 2. The van der Waals surface area contributed by atoms with Gasteiger partial charge in [0.2, 0.25) is 5.91 Å². The molecule has 0 aromatic carbocycles. The first-order valence-corrected chi connectivity index (χ1v) is 6.53. The van der Waals surface area contributed by atoms with E-state index in [9.17, 15) is 9.59 Å². The normalized spacial score (nSPS) is 22.7. The second-order valence-electron chi connectivity index (χ2n) is 4.89. The lowest BCUT2D eigenvalue weighted by Crippen LogP contribution is -2.30. The first-order valence-electron chi connectivity index (χ1n) is 6.16. The number of nitrogens with zero attached hydrogens (tertiary/aromatic N) is 3. The number of aromatic nitrogens is 2. The summed E-state index contributed by atoms with van der Waals surface area (Å²) < 4.78 is 1.61. The largest absolute Gasteiger partial charge is 0.481 e. The molecule has 1 aliphatic heterocycles. The number of halogens is 1. The molecule has 1 N–H and O–H groups in total. The van der Waals surface area contributed by atoms with Gasteiger partial charge in [-0.3, -0.25) is 14.3 Å². The molecule has 0 radical (unpaired) electrons. The van der Waals surface area contributed by atoms with Crippen molar-refractivity contribution in [2.24, 2.45) is 11.8 Å². The van der Waals surface area contributed by atoms with Crippen LogP contribution in [-0.2, 0) is 16.1 Å². The monoisotopic (exact) mass is 285 g/mol. The zero-order valence-electron chi connectivity index (χ0n) is 10.6. The predicted octanol–water partition coefficient (Wildman–Crippen LogP) is 1.11. The number of rotatable bonds is 4. The summed E-state index contributed by atoms with van der Waals surface area (Å²) in [7, 11) is 0. The van der Waals surface area contributed by atoms with Crippen LogP contribution in [0.1, 0.15) is 13.3 Å². The van der Waals surface area contributed by atoms with E-state index in [1.807, 2.05) is 6.92 Å². The summed E-state index contributed by atoms with van der Waals surface area (Å²) in [6.07, 6.45) is 3.48. The fraction of sp³-hybridized carbons (Fsp3) is 0.583. The number of carboxylic acids is 1. The topological polar surface area (TPSA) is 75.4 Å². The average molecular weight is 286 g/mol. The van der Waals surface area contributed by atoms with Gasteiger partial charge in [0.15, 0.2) is 0 Å². The number of aryl methyl sites for hydroxylation is 1. The van der Waals surface area contributed by atoms with Gasteiger partial charge in [-0.2, -0.15) is 5.10 Å². The maximum Gasteiger partial charge on any atom is 0.308 e. The fourth-order valence-corrected chi connectivity index (χ4v) is 2.48. The van der Waals surface area contributed by atoms with Crippen LogP contribution in [0.25, 0.3) is 0 Å². The lowest BCUT2D eigenvalue weighted by molar-refractivity contribution is -0.142. The molecule has 1 aromatic rings. The van der Waals surface area contributed by atoms with Crippen LogP contribution in [0.5, 0.6) is 0 Å². The third-order valence-electron chi connectivity index (χ3n) is 3.44. The van der Waals surface area contributed by atoms with Gasteiger partial charge in [0.25, 0.3) is 0 Å². The average Bonchev–Trinajstić information content (AvgIpc) is 2.92. The summed E-state index contributed by atoms with van der Waals surface area (Å²) >= 11 is 5.73. The van der Waals surface area contributed by atoms with Gasteiger partial charge in [0.05, 0.1) is 17.1 Å². The van der Waals surface area contributed by atoms with Gasteiger partial charge >= 0.3 is 5.97 Å². The molecular weight excluding hydrogens is 270 g/mol. The minimum Gasteiger partial charge on any atom is -0.481 e. The summed E-state index contributed by atoms with van der Waals surface area (Å²) in [6, 6.07) is 0. The molecule has 0 bridgehead atoms. The molecule has 7 heteroatoms. The van der Waals surface area contributed by atoms with Gasteiger partial charge in [-0.25, -0.2) is 0 Å². The number of amides is 1. The van der Waals surface area contributed by atoms with Crippen LogP contribution in [-0.4, -0.2) is 44.8 Å². The number of carboxylic acid groups (broad SMARTS) is 1. The zero-order chi connectivity index (χ0) is 14.0. The highest BCUT2D eigenvalue weighted by atomic mass is 35.5. The first-order chi connectivity index (χ1) is 8.97. The second-order valence-corrected chi connectivity index (χ2v) is 5.33. The fourth-order valence-electron chi connectivity index (χ4n) is 2.32. The molecule has 0 spiro atoms. The summed E-state index contributed by atoms with van der Waals surface area (Å²) in [5.74, 6) is -1.33.